The minimum atomic E-state index is -0.173. The SMILES string of the molecule is Cc1cc(COc2c(C)cc(Br)cc2C)cc(F)c1C. The van der Waals surface area contributed by atoms with Crippen molar-refractivity contribution in [3.05, 3.63) is 62.4 Å². The molecule has 0 bridgehead atoms. The second kappa shape index (κ2) is 5.96. The number of hydrogen-bond acceptors (Lipinski definition) is 1. The van der Waals surface area contributed by atoms with E-state index in [2.05, 4.69) is 15.9 Å². The third kappa shape index (κ3) is 3.21. The maximum Gasteiger partial charge on any atom is 0.126 e. The van der Waals surface area contributed by atoms with E-state index >= 15 is 0 Å². The van der Waals surface area contributed by atoms with Gasteiger partial charge in [0.1, 0.15) is 18.2 Å². The molecule has 1 nitrogen and oxygen atoms in total. The number of hydrogen-bond donors (Lipinski definition) is 0. The average molecular weight is 337 g/mol. The van der Waals surface area contributed by atoms with Crippen LogP contribution in [0.15, 0.2) is 28.7 Å². The highest BCUT2D eigenvalue weighted by atomic mass is 79.9. The first kappa shape index (κ1) is 15.0. The van der Waals surface area contributed by atoms with Gasteiger partial charge in [0.25, 0.3) is 0 Å². The zero-order chi connectivity index (χ0) is 14.9. The van der Waals surface area contributed by atoms with Gasteiger partial charge in [0, 0.05) is 4.47 Å². The van der Waals surface area contributed by atoms with E-state index in [4.69, 9.17) is 4.74 Å². The summed E-state index contributed by atoms with van der Waals surface area (Å²) in [6.07, 6.45) is 0. The van der Waals surface area contributed by atoms with Crippen LogP contribution in [0.5, 0.6) is 5.75 Å². The quantitative estimate of drug-likeness (QED) is 0.729. The molecule has 0 aliphatic carbocycles. The van der Waals surface area contributed by atoms with Crippen LogP contribution in [0.3, 0.4) is 0 Å². The molecule has 0 spiro atoms. The number of aryl methyl sites for hydroxylation is 3. The van der Waals surface area contributed by atoms with Gasteiger partial charge in [-0.05, 0) is 73.7 Å². The highest BCUT2D eigenvalue weighted by Crippen LogP contribution is 2.28. The molecule has 0 fully saturated rings. The lowest BCUT2D eigenvalue weighted by molar-refractivity contribution is 0.301. The summed E-state index contributed by atoms with van der Waals surface area (Å²) in [7, 11) is 0. The third-order valence-electron chi connectivity index (χ3n) is 3.47. The first-order valence-electron chi connectivity index (χ1n) is 6.53. The molecule has 0 unspecified atom stereocenters. The molecule has 0 aliphatic rings. The molecule has 0 saturated carbocycles. The topological polar surface area (TPSA) is 9.23 Å². The Hall–Kier alpha value is -1.35. The molecule has 0 atom stereocenters. The first-order chi connectivity index (χ1) is 9.38. The summed E-state index contributed by atoms with van der Waals surface area (Å²) in [5, 5.41) is 0. The molecule has 106 valence electrons. The zero-order valence-corrected chi connectivity index (χ0v) is 13.8. The number of halogens is 2. The normalized spacial score (nSPS) is 10.7. The maximum absolute atomic E-state index is 13.7. The minimum absolute atomic E-state index is 0.173. The van der Waals surface area contributed by atoms with Gasteiger partial charge in [-0.15, -0.1) is 0 Å². The van der Waals surface area contributed by atoms with Crippen LogP contribution in [-0.2, 0) is 6.61 Å². The Morgan fingerprint density at radius 1 is 0.950 bits per heavy atom. The molecule has 2 aromatic rings. The second-order valence-electron chi connectivity index (χ2n) is 5.18. The first-order valence-corrected chi connectivity index (χ1v) is 7.33. The lowest BCUT2D eigenvalue weighted by Crippen LogP contribution is -2.01. The van der Waals surface area contributed by atoms with Crippen LogP contribution in [0.1, 0.15) is 27.8 Å². The Kier molecular flexibility index (Phi) is 4.48. The largest absolute Gasteiger partial charge is 0.488 e. The molecule has 0 N–H and O–H groups in total. The standard InChI is InChI=1S/C17H18BrFO/c1-10-5-14(8-16(19)13(10)4)9-20-17-11(2)6-15(18)7-12(17)3/h5-8H,9H2,1-4H3. The molecule has 0 aliphatic heterocycles. The van der Waals surface area contributed by atoms with Crippen molar-refractivity contribution in [2.75, 3.05) is 0 Å². The van der Waals surface area contributed by atoms with E-state index in [0.29, 0.717) is 12.2 Å². The number of ether oxygens (including phenoxy) is 1. The van der Waals surface area contributed by atoms with E-state index in [1.807, 2.05) is 39.0 Å². The van der Waals surface area contributed by atoms with E-state index < -0.39 is 0 Å². The van der Waals surface area contributed by atoms with Gasteiger partial charge in [0.2, 0.25) is 0 Å². The molecular formula is C17H18BrFO. The van der Waals surface area contributed by atoms with E-state index in [1.165, 1.54) is 0 Å². The van der Waals surface area contributed by atoms with Crippen molar-refractivity contribution in [3.63, 3.8) is 0 Å². The van der Waals surface area contributed by atoms with Crippen molar-refractivity contribution in [1.82, 2.24) is 0 Å². The third-order valence-corrected chi connectivity index (χ3v) is 3.93. The minimum Gasteiger partial charge on any atom is -0.488 e. The van der Waals surface area contributed by atoms with Gasteiger partial charge in [-0.25, -0.2) is 4.39 Å². The van der Waals surface area contributed by atoms with Gasteiger partial charge >= 0.3 is 0 Å². The van der Waals surface area contributed by atoms with Crippen LogP contribution in [-0.4, -0.2) is 0 Å². The Bertz CT molecular complexity index is 603. The van der Waals surface area contributed by atoms with Gasteiger partial charge in [-0.2, -0.15) is 0 Å². The fourth-order valence-electron chi connectivity index (χ4n) is 2.25. The van der Waals surface area contributed by atoms with Gasteiger partial charge in [-0.1, -0.05) is 22.0 Å². The molecule has 0 radical (unpaired) electrons. The fourth-order valence-corrected chi connectivity index (χ4v) is 2.94. The fraction of sp³-hybridized carbons (Fsp3) is 0.294. The Labute approximate surface area is 127 Å². The molecule has 2 rings (SSSR count). The maximum atomic E-state index is 13.7. The molecule has 3 heteroatoms. The van der Waals surface area contributed by atoms with Crippen LogP contribution in [0, 0.1) is 33.5 Å². The van der Waals surface area contributed by atoms with Crippen molar-refractivity contribution in [2.45, 2.75) is 34.3 Å². The van der Waals surface area contributed by atoms with Crippen molar-refractivity contribution < 1.29 is 9.13 Å². The van der Waals surface area contributed by atoms with Gasteiger partial charge in [0.15, 0.2) is 0 Å². The lowest BCUT2D eigenvalue weighted by atomic mass is 10.1. The number of benzene rings is 2. The zero-order valence-electron chi connectivity index (χ0n) is 12.2. The van der Waals surface area contributed by atoms with Crippen molar-refractivity contribution >= 4 is 15.9 Å². The summed E-state index contributed by atoms with van der Waals surface area (Å²) < 4.78 is 20.6. The highest BCUT2D eigenvalue weighted by molar-refractivity contribution is 9.10. The molecule has 20 heavy (non-hydrogen) atoms. The predicted molar refractivity (Wildman–Crippen MR) is 83.8 cm³/mol. The molecule has 0 saturated heterocycles. The van der Waals surface area contributed by atoms with Crippen LogP contribution in [0.2, 0.25) is 0 Å². The summed E-state index contributed by atoms with van der Waals surface area (Å²) in [5.74, 6) is 0.694. The Balaban J connectivity index is 2.21. The van der Waals surface area contributed by atoms with Crippen molar-refractivity contribution in [2.24, 2.45) is 0 Å². The summed E-state index contributed by atoms with van der Waals surface area (Å²) in [6.45, 7) is 8.10. The van der Waals surface area contributed by atoms with Crippen LogP contribution in [0.4, 0.5) is 4.39 Å². The van der Waals surface area contributed by atoms with Crippen molar-refractivity contribution in [1.29, 1.82) is 0 Å². The highest BCUT2D eigenvalue weighted by Gasteiger charge is 2.08. The lowest BCUT2D eigenvalue weighted by Gasteiger charge is -2.14. The van der Waals surface area contributed by atoms with Gasteiger partial charge < -0.3 is 4.74 Å². The van der Waals surface area contributed by atoms with E-state index in [-0.39, 0.29) is 5.82 Å². The average Bonchev–Trinajstić information content (AvgIpc) is 2.34. The molecular weight excluding hydrogens is 319 g/mol. The van der Waals surface area contributed by atoms with Gasteiger partial charge in [0.05, 0.1) is 0 Å². The van der Waals surface area contributed by atoms with E-state index in [1.54, 1.807) is 13.0 Å². The molecule has 0 amide bonds. The van der Waals surface area contributed by atoms with E-state index in [0.717, 1.165) is 32.5 Å². The monoisotopic (exact) mass is 336 g/mol. The van der Waals surface area contributed by atoms with Crippen molar-refractivity contribution in [3.8, 4) is 5.75 Å². The van der Waals surface area contributed by atoms with Crippen LogP contribution >= 0.6 is 15.9 Å². The number of rotatable bonds is 3. The summed E-state index contributed by atoms with van der Waals surface area (Å²) in [5.41, 5.74) is 4.65. The molecule has 2 aromatic carbocycles. The summed E-state index contributed by atoms with van der Waals surface area (Å²) in [4.78, 5) is 0. The summed E-state index contributed by atoms with van der Waals surface area (Å²) in [6, 6.07) is 7.56. The van der Waals surface area contributed by atoms with E-state index in [9.17, 15) is 4.39 Å². The molecule has 0 aromatic heterocycles. The summed E-state index contributed by atoms with van der Waals surface area (Å²) >= 11 is 3.47. The van der Waals surface area contributed by atoms with Crippen LogP contribution in [0.25, 0.3) is 0 Å². The predicted octanol–water partition coefficient (Wildman–Crippen LogP) is 5.40. The van der Waals surface area contributed by atoms with Gasteiger partial charge in [-0.3, -0.25) is 0 Å². The van der Waals surface area contributed by atoms with Crippen LogP contribution < -0.4 is 4.74 Å². The second-order valence-corrected chi connectivity index (χ2v) is 6.09. The smallest absolute Gasteiger partial charge is 0.126 e. The Morgan fingerprint density at radius 2 is 1.55 bits per heavy atom. The molecule has 0 heterocycles. The Morgan fingerprint density at radius 3 is 2.10 bits per heavy atom.